The van der Waals surface area contributed by atoms with Gasteiger partial charge in [0.1, 0.15) is 0 Å². The normalized spacial score (nSPS) is 23.2. The Hall–Kier alpha value is -0.120. The molecule has 2 N–H and O–H groups in total. The number of aliphatic hydroxyl groups excluding tert-OH is 1. The Morgan fingerprint density at radius 3 is 3.00 bits per heavy atom. The molecule has 0 spiro atoms. The summed E-state index contributed by atoms with van der Waals surface area (Å²) in [6.07, 6.45) is 3.23. The van der Waals surface area contributed by atoms with Crippen molar-refractivity contribution >= 4 is 0 Å². The summed E-state index contributed by atoms with van der Waals surface area (Å²) in [6.45, 7) is 4.12. The first-order valence-electron chi connectivity index (χ1n) is 4.83. The molecule has 1 unspecified atom stereocenters. The quantitative estimate of drug-likeness (QED) is 0.571. The van der Waals surface area contributed by atoms with E-state index in [0.29, 0.717) is 6.61 Å². The van der Waals surface area contributed by atoms with Crippen LogP contribution in [0.1, 0.15) is 19.3 Å². The lowest BCUT2D eigenvalue weighted by Gasteiger charge is -2.07. The molecule has 0 amide bonds. The smallest absolute Gasteiger partial charge is 0.0487 e. The van der Waals surface area contributed by atoms with E-state index in [2.05, 4.69) is 5.32 Å². The minimum Gasteiger partial charge on any atom is -0.396 e. The summed E-state index contributed by atoms with van der Waals surface area (Å²) in [5.41, 5.74) is 0. The summed E-state index contributed by atoms with van der Waals surface area (Å²) in [6, 6.07) is 0. The third-order valence-corrected chi connectivity index (χ3v) is 2.28. The monoisotopic (exact) mass is 173 g/mol. The van der Waals surface area contributed by atoms with E-state index in [4.69, 9.17) is 9.84 Å². The number of aliphatic hydroxyl groups is 1. The van der Waals surface area contributed by atoms with Crippen LogP contribution in [0.4, 0.5) is 0 Å². The Morgan fingerprint density at radius 2 is 2.33 bits per heavy atom. The van der Waals surface area contributed by atoms with Crippen LogP contribution in [0.15, 0.2) is 0 Å². The Bertz CT molecular complexity index is 103. The van der Waals surface area contributed by atoms with Gasteiger partial charge in [-0.3, -0.25) is 0 Å². The molecule has 0 aromatic carbocycles. The van der Waals surface area contributed by atoms with Crippen molar-refractivity contribution in [3.05, 3.63) is 0 Å². The van der Waals surface area contributed by atoms with Crippen LogP contribution in [0.3, 0.4) is 0 Å². The van der Waals surface area contributed by atoms with Crippen molar-refractivity contribution in [3.63, 3.8) is 0 Å². The minimum absolute atomic E-state index is 0.241. The molecule has 72 valence electrons. The molecule has 0 saturated carbocycles. The number of hydrogen-bond donors (Lipinski definition) is 2. The van der Waals surface area contributed by atoms with Crippen LogP contribution >= 0.6 is 0 Å². The summed E-state index contributed by atoms with van der Waals surface area (Å²) in [5.74, 6) is 0.819. The number of hydrogen-bond acceptors (Lipinski definition) is 3. The SMILES string of the molecule is OCCCOCCC1CCNC1. The van der Waals surface area contributed by atoms with Gasteiger partial charge in [0.15, 0.2) is 0 Å². The molecule has 1 heterocycles. The zero-order chi connectivity index (χ0) is 8.65. The van der Waals surface area contributed by atoms with Gasteiger partial charge in [0.2, 0.25) is 0 Å². The molecule has 0 aromatic heterocycles. The Balaban J connectivity index is 1.81. The van der Waals surface area contributed by atoms with Crippen LogP contribution in [-0.2, 0) is 4.74 Å². The minimum atomic E-state index is 0.241. The highest BCUT2D eigenvalue weighted by atomic mass is 16.5. The number of ether oxygens (including phenoxy) is 1. The first kappa shape index (κ1) is 9.96. The Morgan fingerprint density at radius 1 is 1.42 bits per heavy atom. The molecular formula is C9H19NO2. The van der Waals surface area contributed by atoms with Crippen LogP contribution < -0.4 is 5.32 Å². The van der Waals surface area contributed by atoms with Gasteiger partial charge in [-0.05, 0) is 38.3 Å². The van der Waals surface area contributed by atoms with Crippen LogP contribution in [0.25, 0.3) is 0 Å². The molecule has 1 atom stereocenters. The van der Waals surface area contributed by atoms with Crippen molar-refractivity contribution in [2.45, 2.75) is 19.3 Å². The largest absolute Gasteiger partial charge is 0.396 e. The zero-order valence-corrected chi connectivity index (χ0v) is 7.59. The second kappa shape index (κ2) is 6.40. The molecule has 1 aliphatic heterocycles. The van der Waals surface area contributed by atoms with Gasteiger partial charge in [0, 0.05) is 19.8 Å². The van der Waals surface area contributed by atoms with Crippen LogP contribution in [-0.4, -0.2) is 38.0 Å². The fourth-order valence-electron chi connectivity index (χ4n) is 1.48. The van der Waals surface area contributed by atoms with Gasteiger partial charge < -0.3 is 15.2 Å². The second-order valence-corrected chi connectivity index (χ2v) is 3.34. The second-order valence-electron chi connectivity index (χ2n) is 3.34. The molecule has 3 heteroatoms. The van der Waals surface area contributed by atoms with Crippen LogP contribution in [0.2, 0.25) is 0 Å². The first-order valence-corrected chi connectivity index (χ1v) is 4.83. The maximum atomic E-state index is 8.49. The fraction of sp³-hybridized carbons (Fsp3) is 1.00. The topological polar surface area (TPSA) is 41.5 Å². The predicted octanol–water partition coefficient (Wildman–Crippen LogP) is 0.385. The van der Waals surface area contributed by atoms with E-state index in [-0.39, 0.29) is 6.61 Å². The molecule has 12 heavy (non-hydrogen) atoms. The average Bonchev–Trinajstić information content (AvgIpc) is 2.57. The van der Waals surface area contributed by atoms with Crippen molar-refractivity contribution in [1.82, 2.24) is 5.32 Å². The van der Waals surface area contributed by atoms with Crippen LogP contribution in [0, 0.1) is 5.92 Å². The molecule has 0 bridgehead atoms. The lowest BCUT2D eigenvalue weighted by atomic mass is 10.1. The highest BCUT2D eigenvalue weighted by Gasteiger charge is 2.13. The molecule has 1 saturated heterocycles. The lowest BCUT2D eigenvalue weighted by molar-refractivity contribution is 0.106. The molecule has 1 aliphatic rings. The summed E-state index contributed by atoms with van der Waals surface area (Å²) in [7, 11) is 0. The zero-order valence-electron chi connectivity index (χ0n) is 7.59. The standard InChI is InChI=1S/C9H19NO2/c11-5-1-6-12-7-3-9-2-4-10-8-9/h9-11H,1-8H2. The predicted molar refractivity (Wildman–Crippen MR) is 48.1 cm³/mol. The van der Waals surface area contributed by atoms with E-state index in [0.717, 1.165) is 25.5 Å². The molecule has 0 aromatic rings. The lowest BCUT2D eigenvalue weighted by Crippen LogP contribution is -2.11. The molecule has 1 rings (SSSR count). The van der Waals surface area contributed by atoms with E-state index in [9.17, 15) is 0 Å². The van der Waals surface area contributed by atoms with Crippen molar-refractivity contribution < 1.29 is 9.84 Å². The van der Waals surface area contributed by atoms with E-state index in [1.165, 1.54) is 19.4 Å². The summed E-state index contributed by atoms with van der Waals surface area (Å²) < 4.78 is 5.35. The molecule has 3 nitrogen and oxygen atoms in total. The number of nitrogens with one attached hydrogen (secondary N) is 1. The van der Waals surface area contributed by atoms with Crippen molar-refractivity contribution in [3.8, 4) is 0 Å². The first-order chi connectivity index (χ1) is 5.93. The van der Waals surface area contributed by atoms with Gasteiger partial charge in [-0.2, -0.15) is 0 Å². The molecule has 1 fully saturated rings. The summed E-state index contributed by atoms with van der Waals surface area (Å²) in [4.78, 5) is 0. The highest BCUT2D eigenvalue weighted by molar-refractivity contribution is 4.70. The summed E-state index contributed by atoms with van der Waals surface area (Å²) in [5, 5.41) is 11.8. The third-order valence-electron chi connectivity index (χ3n) is 2.28. The van der Waals surface area contributed by atoms with Gasteiger partial charge in [0.25, 0.3) is 0 Å². The maximum absolute atomic E-state index is 8.49. The van der Waals surface area contributed by atoms with E-state index in [1.807, 2.05) is 0 Å². The van der Waals surface area contributed by atoms with E-state index in [1.54, 1.807) is 0 Å². The van der Waals surface area contributed by atoms with Gasteiger partial charge in [0.05, 0.1) is 0 Å². The van der Waals surface area contributed by atoms with Gasteiger partial charge >= 0.3 is 0 Å². The van der Waals surface area contributed by atoms with E-state index < -0.39 is 0 Å². The molecule has 0 aliphatic carbocycles. The van der Waals surface area contributed by atoms with E-state index >= 15 is 0 Å². The number of rotatable bonds is 6. The highest BCUT2D eigenvalue weighted by Crippen LogP contribution is 2.11. The maximum Gasteiger partial charge on any atom is 0.0487 e. The Labute approximate surface area is 74.1 Å². The fourth-order valence-corrected chi connectivity index (χ4v) is 1.48. The molecular weight excluding hydrogens is 154 g/mol. The molecule has 0 radical (unpaired) electrons. The average molecular weight is 173 g/mol. The van der Waals surface area contributed by atoms with Crippen molar-refractivity contribution in [2.75, 3.05) is 32.9 Å². The summed E-state index contributed by atoms with van der Waals surface area (Å²) >= 11 is 0. The van der Waals surface area contributed by atoms with Crippen LogP contribution in [0.5, 0.6) is 0 Å². The van der Waals surface area contributed by atoms with Crippen molar-refractivity contribution in [1.29, 1.82) is 0 Å². The van der Waals surface area contributed by atoms with Gasteiger partial charge in [-0.25, -0.2) is 0 Å². The van der Waals surface area contributed by atoms with Crippen molar-refractivity contribution in [2.24, 2.45) is 5.92 Å². The Kier molecular flexibility index (Phi) is 5.32. The van der Waals surface area contributed by atoms with Gasteiger partial charge in [-0.1, -0.05) is 0 Å². The van der Waals surface area contributed by atoms with Gasteiger partial charge in [-0.15, -0.1) is 0 Å². The third kappa shape index (κ3) is 4.04.